The Morgan fingerprint density at radius 3 is 2.55 bits per heavy atom. The van der Waals surface area contributed by atoms with Gasteiger partial charge in [0.1, 0.15) is 6.10 Å². The standard InChI is InChI=1S/C7H14O4/c1-4-2-5(3-8)11-7(10)6(4)9/h4-10H,2-3H2,1H3/t4-,5+,6-,7?/m1/s1. The smallest absolute Gasteiger partial charge is 0.181 e. The predicted molar refractivity (Wildman–Crippen MR) is 37.8 cm³/mol. The maximum atomic E-state index is 9.20. The first-order chi connectivity index (χ1) is 5.15. The minimum absolute atomic E-state index is 0.0177. The molecule has 4 atom stereocenters. The number of hydrogen-bond acceptors (Lipinski definition) is 4. The molecule has 0 aromatic heterocycles. The molecule has 0 bridgehead atoms. The monoisotopic (exact) mass is 162 g/mol. The molecule has 0 aromatic rings. The molecule has 1 saturated heterocycles. The van der Waals surface area contributed by atoms with E-state index >= 15 is 0 Å². The van der Waals surface area contributed by atoms with Gasteiger partial charge in [0.25, 0.3) is 0 Å². The highest BCUT2D eigenvalue weighted by Crippen LogP contribution is 2.23. The van der Waals surface area contributed by atoms with Gasteiger partial charge in [-0.05, 0) is 12.3 Å². The summed E-state index contributed by atoms with van der Waals surface area (Å²) in [6.45, 7) is 1.72. The third-order valence-corrected chi connectivity index (χ3v) is 2.05. The Bertz CT molecular complexity index is 116. The first-order valence-corrected chi connectivity index (χ1v) is 3.77. The minimum Gasteiger partial charge on any atom is -0.394 e. The van der Waals surface area contributed by atoms with Crippen LogP contribution in [0.15, 0.2) is 0 Å². The number of rotatable bonds is 1. The Hall–Kier alpha value is -0.160. The van der Waals surface area contributed by atoms with E-state index in [4.69, 9.17) is 14.9 Å². The highest BCUT2D eigenvalue weighted by Gasteiger charge is 2.33. The van der Waals surface area contributed by atoms with E-state index in [1.165, 1.54) is 0 Å². The van der Waals surface area contributed by atoms with Crippen LogP contribution >= 0.6 is 0 Å². The molecule has 1 rings (SSSR count). The molecule has 11 heavy (non-hydrogen) atoms. The fraction of sp³-hybridized carbons (Fsp3) is 1.00. The first kappa shape index (κ1) is 8.93. The topological polar surface area (TPSA) is 69.9 Å². The molecule has 0 aliphatic carbocycles. The second-order valence-electron chi connectivity index (χ2n) is 3.03. The van der Waals surface area contributed by atoms with Gasteiger partial charge < -0.3 is 20.1 Å². The Labute approximate surface area is 65.4 Å². The van der Waals surface area contributed by atoms with Crippen LogP contribution in [-0.4, -0.2) is 40.4 Å². The van der Waals surface area contributed by atoms with Crippen LogP contribution in [0.1, 0.15) is 13.3 Å². The normalized spacial score (nSPS) is 45.8. The van der Waals surface area contributed by atoms with Gasteiger partial charge in [-0.15, -0.1) is 0 Å². The molecule has 0 amide bonds. The summed E-state index contributed by atoms with van der Waals surface area (Å²) in [5.41, 5.74) is 0. The second kappa shape index (κ2) is 3.49. The molecule has 4 nitrogen and oxygen atoms in total. The number of aliphatic hydroxyl groups is 3. The molecule has 1 unspecified atom stereocenters. The van der Waals surface area contributed by atoms with Crippen molar-refractivity contribution in [1.82, 2.24) is 0 Å². The van der Waals surface area contributed by atoms with Crippen molar-refractivity contribution in [1.29, 1.82) is 0 Å². The van der Waals surface area contributed by atoms with Crippen LogP contribution in [-0.2, 0) is 4.74 Å². The summed E-state index contributed by atoms with van der Waals surface area (Å²) in [7, 11) is 0. The lowest BCUT2D eigenvalue weighted by atomic mass is 9.94. The van der Waals surface area contributed by atoms with Crippen LogP contribution in [0.2, 0.25) is 0 Å². The van der Waals surface area contributed by atoms with Crippen LogP contribution < -0.4 is 0 Å². The molecule has 0 radical (unpaired) electrons. The van der Waals surface area contributed by atoms with Crippen molar-refractivity contribution in [2.45, 2.75) is 31.8 Å². The first-order valence-electron chi connectivity index (χ1n) is 3.77. The molecular formula is C7H14O4. The van der Waals surface area contributed by atoms with E-state index in [1.807, 2.05) is 6.92 Å². The van der Waals surface area contributed by atoms with Gasteiger partial charge in [-0.25, -0.2) is 0 Å². The molecule has 66 valence electrons. The van der Waals surface area contributed by atoms with Crippen molar-refractivity contribution in [3.8, 4) is 0 Å². The highest BCUT2D eigenvalue weighted by atomic mass is 16.6. The van der Waals surface area contributed by atoms with Crippen molar-refractivity contribution in [3.05, 3.63) is 0 Å². The van der Waals surface area contributed by atoms with Crippen molar-refractivity contribution < 1.29 is 20.1 Å². The molecule has 0 aromatic carbocycles. The molecule has 1 fully saturated rings. The summed E-state index contributed by atoms with van der Waals surface area (Å²) >= 11 is 0. The Kier molecular flexibility index (Phi) is 2.84. The zero-order valence-corrected chi connectivity index (χ0v) is 6.47. The van der Waals surface area contributed by atoms with Crippen molar-refractivity contribution in [3.63, 3.8) is 0 Å². The molecule has 1 aliphatic rings. The van der Waals surface area contributed by atoms with E-state index < -0.39 is 12.4 Å². The molecular weight excluding hydrogens is 148 g/mol. The van der Waals surface area contributed by atoms with E-state index in [2.05, 4.69) is 0 Å². The molecule has 1 aliphatic heterocycles. The highest BCUT2D eigenvalue weighted by molar-refractivity contribution is 4.77. The third-order valence-electron chi connectivity index (χ3n) is 2.05. The Balaban J connectivity index is 2.47. The molecule has 4 heteroatoms. The summed E-state index contributed by atoms with van der Waals surface area (Å²) < 4.78 is 4.87. The predicted octanol–water partition coefficient (Wildman–Crippen LogP) is -0.917. The van der Waals surface area contributed by atoms with Gasteiger partial charge in [0, 0.05) is 0 Å². The lowest BCUT2D eigenvalue weighted by Crippen LogP contribution is -2.45. The van der Waals surface area contributed by atoms with E-state index in [-0.39, 0.29) is 18.6 Å². The van der Waals surface area contributed by atoms with Crippen LogP contribution in [0.3, 0.4) is 0 Å². The SMILES string of the molecule is C[C@@H]1C[C@@H](CO)OC(O)[C@@H]1O. The lowest BCUT2D eigenvalue weighted by Gasteiger charge is -2.34. The van der Waals surface area contributed by atoms with Gasteiger partial charge in [-0.3, -0.25) is 0 Å². The third kappa shape index (κ3) is 1.90. The summed E-state index contributed by atoms with van der Waals surface area (Å²) in [5.74, 6) is -0.0177. The minimum atomic E-state index is -1.14. The van der Waals surface area contributed by atoms with Crippen LogP contribution in [0.5, 0.6) is 0 Å². The molecule has 0 saturated carbocycles. The summed E-state index contributed by atoms with van der Waals surface area (Å²) in [4.78, 5) is 0. The molecule has 1 heterocycles. The fourth-order valence-corrected chi connectivity index (χ4v) is 1.29. The lowest BCUT2D eigenvalue weighted by molar-refractivity contribution is -0.237. The van der Waals surface area contributed by atoms with Gasteiger partial charge in [-0.2, -0.15) is 0 Å². The molecule has 3 N–H and O–H groups in total. The fourth-order valence-electron chi connectivity index (χ4n) is 1.29. The summed E-state index contributed by atoms with van der Waals surface area (Å²) in [6.07, 6.45) is -1.70. The molecule has 0 spiro atoms. The van der Waals surface area contributed by atoms with Crippen LogP contribution in [0.4, 0.5) is 0 Å². The Morgan fingerprint density at radius 2 is 2.09 bits per heavy atom. The van der Waals surface area contributed by atoms with Gasteiger partial charge in [0.05, 0.1) is 12.7 Å². The van der Waals surface area contributed by atoms with E-state index in [9.17, 15) is 5.11 Å². The van der Waals surface area contributed by atoms with E-state index in [1.54, 1.807) is 0 Å². The average Bonchev–Trinajstić information content (AvgIpc) is 1.99. The van der Waals surface area contributed by atoms with Gasteiger partial charge >= 0.3 is 0 Å². The van der Waals surface area contributed by atoms with Crippen LogP contribution in [0.25, 0.3) is 0 Å². The van der Waals surface area contributed by atoms with Gasteiger partial charge in [-0.1, -0.05) is 6.92 Å². The summed E-state index contributed by atoms with van der Waals surface area (Å²) in [5, 5.41) is 27.0. The van der Waals surface area contributed by atoms with E-state index in [0.717, 1.165) is 0 Å². The van der Waals surface area contributed by atoms with E-state index in [0.29, 0.717) is 6.42 Å². The quantitative estimate of drug-likeness (QED) is 0.466. The number of aliphatic hydroxyl groups excluding tert-OH is 3. The maximum Gasteiger partial charge on any atom is 0.181 e. The van der Waals surface area contributed by atoms with Crippen molar-refractivity contribution >= 4 is 0 Å². The van der Waals surface area contributed by atoms with Crippen molar-refractivity contribution in [2.24, 2.45) is 5.92 Å². The summed E-state index contributed by atoms with van der Waals surface area (Å²) in [6, 6.07) is 0. The van der Waals surface area contributed by atoms with Crippen LogP contribution in [0, 0.1) is 5.92 Å². The number of hydrogen-bond donors (Lipinski definition) is 3. The largest absolute Gasteiger partial charge is 0.394 e. The second-order valence-corrected chi connectivity index (χ2v) is 3.03. The maximum absolute atomic E-state index is 9.20. The average molecular weight is 162 g/mol. The zero-order chi connectivity index (χ0) is 8.43. The Morgan fingerprint density at radius 1 is 1.45 bits per heavy atom. The number of ether oxygens (including phenoxy) is 1. The van der Waals surface area contributed by atoms with Gasteiger partial charge in [0.2, 0.25) is 0 Å². The zero-order valence-electron chi connectivity index (χ0n) is 6.47. The van der Waals surface area contributed by atoms with Gasteiger partial charge in [0.15, 0.2) is 6.29 Å². The van der Waals surface area contributed by atoms with Crippen molar-refractivity contribution in [2.75, 3.05) is 6.61 Å².